The molecule has 0 spiro atoms. The van der Waals surface area contributed by atoms with Crippen LogP contribution in [0.5, 0.6) is 0 Å². The minimum atomic E-state index is -0.251. The Morgan fingerprint density at radius 1 is 1.04 bits per heavy atom. The summed E-state index contributed by atoms with van der Waals surface area (Å²) in [5.74, 6) is -0.251. The molecular formula is C20H22N4O. The van der Waals surface area contributed by atoms with Crippen molar-refractivity contribution in [1.29, 1.82) is 5.26 Å². The molecule has 0 saturated heterocycles. The summed E-state index contributed by atoms with van der Waals surface area (Å²) in [5.41, 5.74) is 6.36. The van der Waals surface area contributed by atoms with Gasteiger partial charge in [-0.05, 0) is 62.7 Å². The van der Waals surface area contributed by atoms with E-state index in [2.05, 4.69) is 35.3 Å². The molecular weight excluding hydrogens is 312 g/mol. The van der Waals surface area contributed by atoms with E-state index in [-0.39, 0.29) is 5.91 Å². The smallest absolute Gasteiger partial charge is 0.271 e. The van der Waals surface area contributed by atoms with E-state index in [4.69, 9.17) is 5.26 Å². The fourth-order valence-corrected chi connectivity index (χ4v) is 2.46. The zero-order valence-electron chi connectivity index (χ0n) is 14.8. The SMILES string of the molecule is CCN(CC)c1ccc(C(=O)NN=C(C)c2ccc(C#N)cc2)cc1. The zero-order chi connectivity index (χ0) is 18.2. The zero-order valence-corrected chi connectivity index (χ0v) is 14.8. The van der Waals surface area contributed by atoms with Crippen molar-refractivity contribution in [2.45, 2.75) is 20.8 Å². The number of hydrogen-bond donors (Lipinski definition) is 1. The summed E-state index contributed by atoms with van der Waals surface area (Å²) < 4.78 is 0. The summed E-state index contributed by atoms with van der Waals surface area (Å²) >= 11 is 0. The van der Waals surface area contributed by atoms with E-state index in [1.807, 2.05) is 31.2 Å². The summed E-state index contributed by atoms with van der Waals surface area (Å²) in [7, 11) is 0. The Kier molecular flexibility index (Phi) is 6.30. The number of rotatable bonds is 6. The van der Waals surface area contributed by atoms with Crippen LogP contribution in [0.15, 0.2) is 53.6 Å². The van der Waals surface area contributed by atoms with E-state index >= 15 is 0 Å². The summed E-state index contributed by atoms with van der Waals surface area (Å²) in [6, 6.07) is 16.6. The molecule has 0 bridgehead atoms. The van der Waals surface area contributed by atoms with Crippen molar-refractivity contribution in [3.63, 3.8) is 0 Å². The minimum Gasteiger partial charge on any atom is -0.372 e. The van der Waals surface area contributed by atoms with Gasteiger partial charge in [-0.2, -0.15) is 10.4 Å². The number of anilines is 1. The molecule has 25 heavy (non-hydrogen) atoms. The molecule has 5 nitrogen and oxygen atoms in total. The fraction of sp³-hybridized carbons (Fsp3) is 0.250. The van der Waals surface area contributed by atoms with E-state index < -0.39 is 0 Å². The molecule has 0 aliphatic rings. The molecule has 0 aromatic heterocycles. The van der Waals surface area contributed by atoms with Crippen molar-refractivity contribution >= 4 is 17.3 Å². The quantitative estimate of drug-likeness (QED) is 0.649. The number of carbonyl (C=O) groups is 1. The molecule has 0 aliphatic carbocycles. The lowest BCUT2D eigenvalue weighted by Gasteiger charge is -2.20. The number of nitrogens with zero attached hydrogens (tertiary/aromatic N) is 3. The highest BCUT2D eigenvalue weighted by molar-refractivity contribution is 6.01. The lowest BCUT2D eigenvalue weighted by atomic mass is 10.1. The highest BCUT2D eigenvalue weighted by Gasteiger charge is 2.07. The van der Waals surface area contributed by atoms with Gasteiger partial charge in [0.2, 0.25) is 0 Å². The summed E-state index contributed by atoms with van der Waals surface area (Å²) in [6.07, 6.45) is 0. The van der Waals surface area contributed by atoms with Crippen LogP contribution < -0.4 is 10.3 Å². The Bertz CT molecular complexity index is 782. The molecule has 1 amide bonds. The highest BCUT2D eigenvalue weighted by atomic mass is 16.2. The maximum absolute atomic E-state index is 12.2. The summed E-state index contributed by atoms with van der Waals surface area (Å²) in [4.78, 5) is 14.4. The van der Waals surface area contributed by atoms with E-state index in [9.17, 15) is 4.79 Å². The first-order valence-corrected chi connectivity index (χ1v) is 8.29. The second kappa shape index (κ2) is 8.65. The first kappa shape index (κ1) is 18.2. The first-order chi connectivity index (χ1) is 12.1. The van der Waals surface area contributed by atoms with E-state index in [1.165, 1.54) is 0 Å². The fourth-order valence-electron chi connectivity index (χ4n) is 2.46. The first-order valence-electron chi connectivity index (χ1n) is 8.29. The van der Waals surface area contributed by atoms with Crippen LogP contribution in [0.3, 0.4) is 0 Å². The van der Waals surface area contributed by atoms with Crippen LogP contribution in [0.1, 0.15) is 42.3 Å². The van der Waals surface area contributed by atoms with Gasteiger partial charge in [0.1, 0.15) is 0 Å². The largest absolute Gasteiger partial charge is 0.372 e. The predicted octanol–water partition coefficient (Wildman–Crippen LogP) is 3.56. The number of amides is 1. The average Bonchev–Trinajstić information content (AvgIpc) is 2.67. The Balaban J connectivity index is 2.04. The number of nitriles is 1. The third kappa shape index (κ3) is 4.67. The number of carbonyl (C=O) groups excluding carboxylic acids is 1. The van der Waals surface area contributed by atoms with Gasteiger partial charge in [0.15, 0.2) is 0 Å². The second-order valence-electron chi connectivity index (χ2n) is 5.55. The lowest BCUT2D eigenvalue weighted by molar-refractivity contribution is 0.0955. The normalized spacial score (nSPS) is 10.9. The van der Waals surface area contributed by atoms with Crippen molar-refractivity contribution in [3.8, 4) is 6.07 Å². The molecule has 0 heterocycles. The Labute approximate surface area is 148 Å². The molecule has 1 N–H and O–H groups in total. The number of benzene rings is 2. The molecule has 0 radical (unpaired) electrons. The van der Waals surface area contributed by atoms with Gasteiger partial charge in [-0.3, -0.25) is 4.79 Å². The van der Waals surface area contributed by atoms with Crippen molar-refractivity contribution < 1.29 is 4.79 Å². The molecule has 2 rings (SSSR count). The number of hydrogen-bond acceptors (Lipinski definition) is 4. The molecule has 0 saturated carbocycles. The predicted molar refractivity (Wildman–Crippen MR) is 101 cm³/mol. The van der Waals surface area contributed by atoms with Crippen LogP contribution in [-0.4, -0.2) is 24.7 Å². The molecule has 128 valence electrons. The molecule has 0 aliphatic heterocycles. The van der Waals surface area contributed by atoms with Gasteiger partial charge >= 0.3 is 0 Å². The van der Waals surface area contributed by atoms with Crippen molar-refractivity contribution in [2.75, 3.05) is 18.0 Å². The van der Waals surface area contributed by atoms with Crippen LogP contribution in [0.2, 0.25) is 0 Å². The van der Waals surface area contributed by atoms with Gasteiger partial charge < -0.3 is 4.90 Å². The van der Waals surface area contributed by atoms with E-state index in [1.54, 1.807) is 24.3 Å². The Hall–Kier alpha value is -3.13. The molecule has 0 atom stereocenters. The average molecular weight is 334 g/mol. The number of hydrazone groups is 1. The van der Waals surface area contributed by atoms with Crippen LogP contribution in [0.25, 0.3) is 0 Å². The summed E-state index contributed by atoms with van der Waals surface area (Å²) in [5, 5.41) is 13.0. The van der Waals surface area contributed by atoms with Gasteiger partial charge in [0, 0.05) is 24.3 Å². The topological polar surface area (TPSA) is 68.5 Å². The maximum atomic E-state index is 12.2. The standard InChI is InChI=1S/C20H22N4O/c1-4-24(5-2)19-12-10-18(11-13-19)20(25)23-22-15(3)17-8-6-16(14-21)7-9-17/h6-13H,4-5H2,1-3H3,(H,23,25). The van der Waals surface area contributed by atoms with Crippen LogP contribution in [0, 0.1) is 11.3 Å². The lowest BCUT2D eigenvalue weighted by Crippen LogP contribution is -2.22. The maximum Gasteiger partial charge on any atom is 0.271 e. The number of nitrogens with one attached hydrogen (secondary N) is 1. The molecule has 5 heteroatoms. The second-order valence-corrected chi connectivity index (χ2v) is 5.55. The van der Waals surface area contributed by atoms with Gasteiger partial charge in [0.25, 0.3) is 5.91 Å². The highest BCUT2D eigenvalue weighted by Crippen LogP contribution is 2.15. The van der Waals surface area contributed by atoms with Crippen molar-refractivity contribution in [2.24, 2.45) is 5.10 Å². The molecule has 0 fully saturated rings. The van der Waals surface area contributed by atoms with E-state index in [0.29, 0.717) is 16.8 Å². The van der Waals surface area contributed by atoms with Gasteiger partial charge in [0.05, 0.1) is 17.3 Å². The Morgan fingerprint density at radius 3 is 2.12 bits per heavy atom. The van der Waals surface area contributed by atoms with Crippen LogP contribution >= 0.6 is 0 Å². The Morgan fingerprint density at radius 2 is 1.60 bits per heavy atom. The third-order valence-electron chi connectivity index (χ3n) is 4.02. The summed E-state index contributed by atoms with van der Waals surface area (Å²) in [6.45, 7) is 7.87. The van der Waals surface area contributed by atoms with Crippen molar-refractivity contribution in [1.82, 2.24) is 5.43 Å². The van der Waals surface area contributed by atoms with Gasteiger partial charge in [-0.25, -0.2) is 5.43 Å². The minimum absolute atomic E-state index is 0.251. The van der Waals surface area contributed by atoms with Gasteiger partial charge in [-0.15, -0.1) is 0 Å². The molecule has 2 aromatic carbocycles. The van der Waals surface area contributed by atoms with Crippen LogP contribution in [0.4, 0.5) is 5.69 Å². The monoisotopic (exact) mass is 334 g/mol. The van der Waals surface area contributed by atoms with Crippen LogP contribution in [-0.2, 0) is 0 Å². The van der Waals surface area contributed by atoms with Crippen molar-refractivity contribution in [3.05, 3.63) is 65.2 Å². The van der Waals surface area contributed by atoms with E-state index in [0.717, 1.165) is 24.3 Å². The third-order valence-corrected chi connectivity index (χ3v) is 4.02. The molecule has 2 aromatic rings. The molecule has 0 unspecified atom stereocenters. The van der Waals surface area contributed by atoms with Gasteiger partial charge in [-0.1, -0.05) is 12.1 Å².